The lowest BCUT2D eigenvalue weighted by Gasteiger charge is -2.12. The Labute approximate surface area is 217 Å². The smallest absolute Gasteiger partial charge is 0.248 e. The van der Waals surface area contributed by atoms with E-state index in [0.29, 0.717) is 15.6 Å². The van der Waals surface area contributed by atoms with Crippen molar-refractivity contribution in [1.82, 2.24) is 10.2 Å². The molecule has 0 aliphatic rings. The topological polar surface area (TPSA) is 71.9 Å². The normalized spacial score (nSPS) is 11.8. The van der Waals surface area contributed by atoms with Crippen LogP contribution in [0.2, 0.25) is 10.0 Å². The van der Waals surface area contributed by atoms with E-state index < -0.39 is 5.82 Å². The number of halogens is 5. The fourth-order valence-electron chi connectivity index (χ4n) is 2.71. The second-order valence-corrected chi connectivity index (χ2v) is 8.60. The highest BCUT2D eigenvalue weighted by atomic mass is 35.5. The van der Waals surface area contributed by atoms with Crippen LogP contribution in [-0.4, -0.2) is 10.2 Å². The quantitative estimate of drug-likeness (QED) is 0.291. The molecule has 0 amide bonds. The van der Waals surface area contributed by atoms with Crippen molar-refractivity contribution in [1.29, 1.82) is 5.26 Å². The number of nitrogens with zero attached hydrogens (tertiary/aromatic N) is 3. The molecule has 5 nitrogen and oxygen atoms in total. The van der Waals surface area contributed by atoms with Gasteiger partial charge >= 0.3 is 0 Å². The summed E-state index contributed by atoms with van der Waals surface area (Å²) in [5, 5.41) is 18.2. The van der Waals surface area contributed by atoms with Crippen LogP contribution in [0.4, 0.5) is 4.39 Å². The maximum absolute atomic E-state index is 15.2. The zero-order valence-electron chi connectivity index (χ0n) is 18.7. The molecule has 34 heavy (non-hydrogen) atoms. The maximum Gasteiger partial charge on any atom is 0.248 e. The second kappa shape index (κ2) is 12.8. The first-order chi connectivity index (χ1) is 16.2. The van der Waals surface area contributed by atoms with Crippen molar-refractivity contribution in [3.8, 4) is 17.6 Å². The Balaban J connectivity index is 0.00000199. The van der Waals surface area contributed by atoms with E-state index in [1.807, 2.05) is 19.9 Å². The lowest BCUT2D eigenvalue weighted by molar-refractivity contribution is 0.436. The molecular weight excluding hydrogens is 523 g/mol. The van der Waals surface area contributed by atoms with Crippen LogP contribution in [0.5, 0.6) is 11.5 Å². The zero-order valence-corrected chi connectivity index (χ0v) is 21.7. The summed E-state index contributed by atoms with van der Waals surface area (Å²) < 4.78 is 26.4. The summed E-state index contributed by atoms with van der Waals surface area (Å²) in [5.41, 5.74) is 0.936. The first-order valence-electron chi connectivity index (χ1n) is 10.1. The number of hydrogen-bond acceptors (Lipinski definition) is 5. The van der Waals surface area contributed by atoms with Gasteiger partial charge in [-0.05, 0) is 44.2 Å². The van der Waals surface area contributed by atoms with E-state index in [9.17, 15) is 0 Å². The molecule has 2 aromatic carbocycles. The summed E-state index contributed by atoms with van der Waals surface area (Å²) in [6.07, 6.45) is 1.57. The minimum atomic E-state index is -0.712. The van der Waals surface area contributed by atoms with E-state index in [1.165, 1.54) is 30.3 Å². The number of nitriles is 1. The number of benzene rings is 2. The number of allylic oxidation sites excluding steroid dienone is 4. The van der Waals surface area contributed by atoms with Crippen molar-refractivity contribution in [3.63, 3.8) is 0 Å². The molecule has 0 radical (unpaired) electrons. The van der Waals surface area contributed by atoms with Crippen LogP contribution < -0.4 is 4.74 Å². The molecule has 0 N–H and O–H groups in total. The molecule has 0 fully saturated rings. The van der Waals surface area contributed by atoms with Crippen LogP contribution in [0.15, 0.2) is 50.9 Å². The Morgan fingerprint density at radius 2 is 1.85 bits per heavy atom. The van der Waals surface area contributed by atoms with Gasteiger partial charge < -0.3 is 9.15 Å². The molecule has 0 aliphatic heterocycles. The van der Waals surface area contributed by atoms with Crippen molar-refractivity contribution >= 4 is 52.0 Å². The zero-order chi connectivity index (χ0) is 25.4. The molecule has 1 heterocycles. The Morgan fingerprint density at radius 3 is 2.47 bits per heavy atom. The van der Waals surface area contributed by atoms with E-state index in [4.69, 9.17) is 60.8 Å². The number of aromatic nitrogens is 2. The fourth-order valence-corrected chi connectivity index (χ4v) is 3.37. The molecule has 0 saturated carbocycles. The molecule has 3 rings (SSSR count). The highest BCUT2D eigenvalue weighted by molar-refractivity contribution is 6.34. The van der Waals surface area contributed by atoms with Crippen LogP contribution in [0.1, 0.15) is 50.6 Å². The first kappa shape index (κ1) is 27.7. The summed E-state index contributed by atoms with van der Waals surface area (Å²) in [5.74, 6) is -0.453. The Bertz CT molecular complexity index is 1270. The summed E-state index contributed by atoms with van der Waals surface area (Å²) >= 11 is 24.1. The standard InChI is InChI=1S/C22H14Cl4FN3O2.C2H6/c1-11(23)5-17(12(2)24)22-30-29-19(32-22)8-14-3-4-18(26)21(20(14)27)31-16-7-13(10-28)6-15(25)9-16;1-2/h3-7,9H,8H2,1-2H3;1-2H3/b11-5+,17-12-;. The van der Waals surface area contributed by atoms with Crippen molar-refractivity contribution in [2.45, 2.75) is 34.1 Å². The highest BCUT2D eigenvalue weighted by Crippen LogP contribution is 2.36. The largest absolute Gasteiger partial charge is 0.453 e. The van der Waals surface area contributed by atoms with Crippen molar-refractivity contribution in [2.24, 2.45) is 0 Å². The van der Waals surface area contributed by atoms with E-state index in [-0.39, 0.29) is 50.9 Å². The maximum atomic E-state index is 15.2. The monoisotopic (exact) mass is 541 g/mol. The average molecular weight is 543 g/mol. The summed E-state index contributed by atoms with van der Waals surface area (Å²) in [6.45, 7) is 7.34. The van der Waals surface area contributed by atoms with Crippen molar-refractivity contribution < 1.29 is 13.5 Å². The first-order valence-corrected chi connectivity index (χ1v) is 11.6. The van der Waals surface area contributed by atoms with Gasteiger partial charge in [-0.1, -0.05) is 66.3 Å². The summed E-state index contributed by atoms with van der Waals surface area (Å²) in [7, 11) is 0. The predicted octanol–water partition coefficient (Wildman–Crippen LogP) is 8.91. The molecular formula is C24H20Cl4FN3O2. The predicted molar refractivity (Wildman–Crippen MR) is 134 cm³/mol. The summed E-state index contributed by atoms with van der Waals surface area (Å²) in [6, 6.07) is 9.25. The van der Waals surface area contributed by atoms with Gasteiger partial charge in [-0.3, -0.25) is 0 Å². The third kappa shape index (κ3) is 7.22. The van der Waals surface area contributed by atoms with Gasteiger partial charge in [0.05, 0.1) is 28.6 Å². The van der Waals surface area contributed by atoms with Gasteiger partial charge in [0, 0.05) is 20.7 Å². The SMILES string of the molecule is C/C(Cl)=C(\C=C(/C)Cl)c1nnc(Cc2ccc(Cl)c(Oc3cc(Cl)cc(C#N)c3)c2F)o1.CC. The molecule has 10 heteroatoms. The van der Waals surface area contributed by atoms with Crippen LogP contribution in [0.3, 0.4) is 0 Å². The van der Waals surface area contributed by atoms with Gasteiger partial charge in [0.25, 0.3) is 0 Å². The third-order valence-corrected chi connectivity index (χ3v) is 4.93. The highest BCUT2D eigenvalue weighted by Gasteiger charge is 2.19. The second-order valence-electron chi connectivity index (χ2n) is 6.60. The fraction of sp³-hybridized carbons (Fsp3) is 0.208. The van der Waals surface area contributed by atoms with Gasteiger partial charge in [0.1, 0.15) is 5.75 Å². The minimum absolute atomic E-state index is 0.0243. The molecule has 0 bridgehead atoms. The lowest BCUT2D eigenvalue weighted by Crippen LogP contribution is -1.98. The Morgan fingerprint density at radius 1 is 1.15 bits per heavy atom. The lowest BCUT2D eigenvalue weighted by atomic mass is 10.1. The van der Waals surface area contributed by atoms with Gasteiger partial charge in [0.2, 0.25) is 11.8 Å². The Kier molecular flexibility index (Phi) is 10.4. The Hall–Kier alpha value is -2.56. The van der Waals surface area contributed by atoms with Crippen molar-refractivity contribution in [2.75, 3.05) is 0 Å². The van der Waals surface area contributed by atoms with Gasteiger partial charge in [-0.15, -0.1) is 10.2 Å². The molecule has 0 unspecified atom stereocenters. The average Bonchev–Trinajstić information content (AvgIpc) is 3.25. The van der Waals surface area contributed by atoms with E-state index in [0.717, 1.165) is 0 Å². The molecule has 3 aromatic rings. The molecule has 0 saturated heterocycles. The molecule has 0 spiro atoms. The molecule has 0 atom stereocenters. The van der Waals surface area contributed by atoms with Gasteiger partial charge in [-0.25, -0.2) is 4.39 Å². The van der Waals surface area contributed by atoms with Crippen LogP contribution in [0, 0.1) is 17.1 Å². The number of hydrogen-bond donors (Lipinski definition) is 0. The number of rotatable bonds is 6. The van der Waals surface area contributed by atoms with E-state index in [2.05, 4.69) is 10.2 Å². The molecule has 0 aliphatic carbocycles. The van der Waals surface area contributed by atoms with Crippen LogP contribution in [-0.2, 0) is 6.42 Å². The third-order valence-electron chi connectivity index (χ3n) is 4.10. The summed E-state index contributed by atoms with van der Waals surface area (Å²) in [4.78, 5) is 0. The molecule has 1 aromatic heterocycles. The van der Waals surface area contributed by atoms with Crippen molar-refractivity contribution in [3.05, 3.63) is 85.2 Å². The minimum Gasteiger partial charge on any atom is -0.453 e. The number of ether oxygens (including phenoxy) is 1. The van der Waals surface area contributed by atoms with E-state index >= 15 is 4.39 Å². The molecule has 178 valence electrons. The van der Waals surface area contributed by atoms with Crippen LogP contribution >= 0.6 is 46.4 Å². The van der Waals surface area contributed by atoms with E-state index in [1.54, 1.807) is 19.9 Å². The van der Waals surface area contributed by atoms with Gasteiger partial charge in [0.15, 0.2) is 11.6 Å². The van der Waals surface area contributed by atoms with Gasteiger partial charge in [-0.2, -0.15) is 5.26 Å². The van der Waals surface area contributed by atoms with Crippen LogP contribution in [0.25, 0.3) is 5.57 Å².